The molecule has 0 saturated heterocycles. The van der Waals surface area contributed by atoms with Gasteiger partial charge in [-0.1, -0.05) is 42.5 Å². The summed E-state index contributed by atoms with van der Waals surface area (Å²) in [6, 6.07) is 13.8. The summed E-state index contributed by atoms with van der Waals surface area (Å²) in [4.78, 5) is 48.1. The number of ketones is 2. The Balaban J connectivity index is 1.98. The number of carbonyl (C=O) groups is 4. The summed E-state index contributed by atoms with van der Waals surface area (Å²) in [6.07, 6.45) is 0. The van der Waals surface area contributed by atoms with Gasteiger partial charge in [0.15, 0.2) is 6.61 Å². The molecule has 0 saturated carbocycles. The van der Waals surface area contributed by atoms with Crippen LogP contribution in [0.15, 0.2) is 54.6 Å². The van der Waals surface area contributed by atoms with Crippen LogP contribution in [0.5, 0.6) is 0 Å². The highest BCUT2D eigenvalue weighted by Crippen LogP contribution is 2.11. The molecule has 0 aliphatic heterocycles. The van der Waals surface area contributed by atoms with Crippen LogP contribution in [0, 0.1) is 0 Å². The fourth-order valence-corrected chi connectivity index (χ4v) is 2.28. The zero-order valence-electron chi connectivity index (χ0n) is 15.4. The SMILES string of the molecule is CC(C)(C)NC(=O)COC(=O)c1ccc(C(=O)C(=O)c2ccccc2)cc1. The Morgan fingerprint density at radius 1 is 0.778 bits per heavy atom. The van der Waals surface area contributed by atoms with Crippen molar-refractivity contribution in [1.29, 1.82) is 0 Å². The standard InChI is InChI=1S/C21H21NO5/c1-21(2,3)22-17(23)13-27-20(26)16-11-9-15(10-12-16)19(25)18(24)14-7-5-4-6-8-14/h4-12H,13H2,1-3H3,(H,22,23). The molecule has 1 N–H and O–H groups in total. The first-order valence-corrected chi connectivity index (χ1v) is 8.39. The zero-order valence-corrected chi connectivity index (χ0v) is 15.4. The molecule has 6 nitrogen and oxygen atoms in total. The third kappa shape index (κ3) is 5.88. The Labute approximate surface area is 157 Å². The molecular weight excluding hydrogens is 346 g/mol. The van der Waals surface area contributed by atoms with E-state index in [1.807, 2.05) is 20.8 Å². The van der Waals surface area contributed by atoms with Crippen molar-refractivity contribution in [2.45, 2.75) is 26.3 Å². The number of amides is 1. The molecule has 0 fully saturated rings. The minimum absolute atomic E-state index is 0.172. The molecule has 2 aromatic rings. The number of rotatable bonds is 6. The van der Waals surface area contributed by atoms with Crippen molar-refractivity contribution in [1.82, 2.24) is 5.32 Å². The molecule has 1 amide bonds. The maximum absolute atomic E-state index is 12.3. The molecule has 0 bridgehead atoms. The normalized spacial score (nSPS) is 10.8. The largest absolute Gasteiger partial charge is 0.452 e. The van der Waals surface area contributed by atoms with Gasteiger partial charge in [-0.2, -0.15) is 0 Å². The summed E-state index contributed by atoms with van der Waals surface area (Å²) in [6.45, 7) is 5.06. The summed E-state index contributed by atoms with van der Waals surface area (Å²) in [5.74, 6) is -2.38. The van der Waals surface area contributed by atoms with Crippen LogP contribution in [-0.4, -0.2) is 35.6 Å². The van der Waals surface area contributed by atoms with Gasteiger partial charge in [-0.05, 0) is 32.9 Å². The van der Waals surface area contributed by atoms with Crippen molar-refractivity contribution >= 4 is 23.4 Å². The first-order chi connectivity index (χ1) is 12.7. The van der Waals surface area contributed by atoms with Gasteiger partial charge in [0.05, 0.1) is 5.56 Å². The third-order valence-corrected chi connectivity index (χ3v) is 3.47. The van der Waals surface area contributed by atoms with Crippen molar-refractivity contribution in [3.05, 3.63) is 71.3 Å². The van der Waals surface area contributed by atoms with Gasteiger partial charge in [0, 0.05) is 16.7 Å². The van der Waals surface area contributed by atoms with Crippen LogP contribution in [0.2, 0.25) is 0 Å². The van der Waals surface area contributed by atoms with E-state index in [0.717, 1.165) is 0 Å². The van der Waals surface area contributed by atoms with Gasteiger partial charge in [-0.3, -0.25) is 14.4 Å². The first kappa shape index (κ1) is 20.0. The number of benzene rings is 2. The van der Waals surface area contributed by atoms with Crippen LogP contribution in [0.4, 0.5) is 0 Å². The van der Waals surface area contributed by atoms with Gasteiger partial charge in [-0.15, -0.1) is 0 Å². The molecule has 27 heavy (non-hydrogen) atoms. The molecule has 0 radical (unpaired) electrons. The van der Waals surface area contributed by atoms with E-state index < -0.39 is 35.6 Å². The van der Waals surface area contributed by atoms with E-state index in [1.165, 1.54) is 24.3 Å². The lowest BCUT2D eigenvalue weighted by Crippen LogP contribution is -2.42. The molecular formula is C21H21NO5. The van der Waals surface area contributed by atoms with Gasteiger partial charge in [0.2, 0.25) is 11.6 Å². The van der Waals surface area contributed by atoms with E-state index in [-0.39, 0.29) is 11.1 Å². The minimum atomic E-state index is -0.688. The summed E-state index contributed by atoms with van der Waals surface area (Å²) >= 11 is 0. The number of ether oxygens (including phenoxy) is 1. The molecule has 0 atom stereocenters. The Hall–Kier alpha value is -3.28. The monoisotopic (exact) mass is 367 g/mol. The lowest BCUT2D eigenvalue weighted by Gasteiger charge is -2.20. The molecule has 0 heterocycles. The smallest absolute Gasteiger partial charge is 0.338 e. The summed E-state index contributed by atoms with van der Waals surface area (Å²) < 4.78 is 4.95. The van der Waals surface area contributed by atoms with Crippen LogP contribution in [0.3, 0.4) is 0 Å². The highest BCUT2D eigenvalue weighted by Gasteiger charge is 2.19. The molecule has 0 aromatic heterocycles. The lowest BCUT2D eigenvalue weighted by molar-refractivity contribution is -0.125. The fraction of sp³-hybridized carbons (Fsp3) is 0.238. The van der Waals surface area contributed by atoms with E-state index in [2.05, 4.69) is 5.32 Å². The van der Waals surface area contributed by atoms with Gasteiger partial charge in [0.25, 0.3) is 5.91 Å². The lowest BCUT2D eigenvalue weighted by atomic mass is 10.0. The van der Waals surface area contributed by atoms with Crippen molar-refractivity contribution in [2.75, 3.05) is 6.61 Å². The Morgan fingerprint density at radius 3 is 1.78 bits per heavy atom. The molecule has 0 aliphatic carbocycles. The van der Waals surface area contributed by atoms with Crippen molar-refractivity contribution in [3.63, 3.8) is 0 Å². The Bertz CT molecular complexity index is 848. The number of nitrogens with one attached hydrogen (secondary N) is 1. The van der Waals surface area contributed by atoms with Crippen molar-refractivity contribution in [3.8, 4) is 0 Å². The van der Waals surface area contributed by atoms with Crippen LogP contribution >= 0.6 is 0 Å². The average Bonchev–Trinajstić information content (AvgIpc) is 2.64. The quantitative estimate of drug-likeness (QED) is 0.482. The summed E-state index contributed by atoms with van der Waals surface area (Å²) in [7, 11) is 0. The zero-order chi connectivity index (χ0) is 20.0. The van der Waals surface area contributed by atoms with Gasteiger partial charge in [-0.25, -0.2) is 4.79 Å². The minimum Gasteiger partial charge on any atom is -0.452 e. The van der Waals surface area contributed by atoms with Crippen molar-refractivity contribution < 1.29 is 23.9 Å². The number of hydrogen-bond donors (Lipinski definition) is 1. The molecule has 0 unspecified atom stereocenters. The molecule has 6 heteroatoms. The molecule has 2 aromatic carbocycles. The summed E-state index contributed by atoms with van der Waals surface area (Å²) in [5.41, 5.74) is 0.237. The topological polar surface area (TPSA) is 89.5 Å². The van der Waals surface area contributed by atoms with Gasteiger partial charge < -0.3 is 10.1 Å². The maximum Gasteiger partial charge on any atom is 0.338 e. The van der Waals surface area contributed by atoms with Gasteiger partial charge >= 0.3 is 5.97 Å². The van der Waals surface area contributed by atoms with Crippen LogP contribution < -0.4 is 5.32 Å². The van der Waals surface area contributed by atoms with E-state index in [0.29, 0.717) is 5.56 Å². The number of carbonyl (C=O) groups excluding carboxylic acids is 4. The second-order valence-corrected chi connectivity index (χ2v) is 6.98. The fourth-order valence-electron chi connectivity index (χ4n) is 2.28. The van der Waals surface area contributed by atoms with E-state index in [4.69, 9.17) is 4.74 Å². The second-order valence-electron chi connectivity index (χ2n) is 6.98. The average molecular weight is 367 g/mol. The number of esters is 1. The molecule has 2 rings (SSSR count). The Morgan fingerprint density at radius 2 is 1.26 bits per heavy atom. The predicted molar refractivity (Wildman–Crippen MR) is 99.7 cm³/mol. The maximum atomic E-state index is 12.3. The number of hydrogen-bond acceptors (Lipinski definition) is 5. The van der Waals surface area contributed by atoms with Crippen LogP contribution in [0.1, 0.15) is 51.8 Å². The van der Waals surface area contributed by atoms with Gasteiger partial charge in [0.1, 0.15) is 0 Å². The number of Topliss-reactive ketones (excluding diaryl/α,β-unsaturated/α-hetero) is 2. The highest BCUT2D eigenvalue weighted by atomic mass is 16.5. The molecule has 0 aliphatic rings. The van der Waals surface area contributed by atoms with E-state index >= 15 is 0 Å². The molecule has 0 spiro atoms. The first-order valence-electron chi connectivity index (χ1n) is 8.39. The van der Waals surface area contributed by atoms with Crippen LogP contribution in [-0.2, 0) is 9.53 Å². The second kappa shape index (κ2) is 8.40. The van der Waals surface area contributed by atoms with Crippen molar-refractivity contribution in [2.24, 2.45) is 0 Å². The van der Waals surface area contributed by atoms with E-state index in [9.17, 15) is 19.2 Å². The third-order valence-electron chi connectivity index (χ3n) is 3.47. The predicted octanol–water partition coefficient (Wildman–Crippen LogP) is 2.82. The van der Waals surface area contributed by atoms with E-state index in [1.54, 1.807) is 30.3 Å². The highest BCUT2D eigenvalue weighted by molar-refractivity contribution is 6.49. The Kier molecular flexibility index (Phi) is 6.23. The summed E-state index contributed by atoms with van der Waals surface area (Å²) in [5, 5.41) is 2.68. The molecule has 140 valence electrons. The van der Waals surface area contributed by atoms with Crippen LogP contribution in [0.25, 0.3) is 0 Å².